The first kappa shape index (κ1) is 20.4. The number of morpholine rings is 1. The number of benzene rings is 1. The number of nitrogens with one attached hydrogen (secondary N) is 3. The van der Waals surface area contributed by atoms with Crippen LogP contribution in [0.2, 0.25) is 0 Å². The molecule has 2 heterocycles. The van der Waals surface area contributed by atoms with Crippen molar-refractivity contribution in [3.63, 3.8) is 0 Å². The van der Waals surface area contributed by atoms with Gasteiger partial charge in [-0.25, -0.2) is 0 Å². The van der Waals surface area contributed by atoms with Crippen molar-refractivity contribution in [2.75, 3.05) is 31.2 Å². The van der Waals surface area contributed by atoms with E-state index in [9.17, 15) is 9.59 Å². The maximum Gasteiger partial charge on any atom is 0.266 e. The summed E-state index contributed by atoms with van der Waals surface area (Å²) in [5, 5.41) is 14.3. The molecule has 0 radical (unpaired) electrons. The van der Waals surface area contributed by atoms with Crippen LogP contribution in [-0.4, -0.2) is 63.4 Å². The molecule has 1 saturated heterocycles. The number of nitrogens with zero attached hydrogens (tertiary/aromatic N) is 5. The van der Waals surface area contributed by atoms with E-state index in [2.05, 4.69) is 31.6 Å². The number of anilines is 1. The van der Waals surface area contributed by atoms with Gasteiger partial charge in [0.1, 0.15) is 6.54 Å². The van der Waals surface area contributed by atoms with Crippen molar-refractivity contribution in [1.29, 1.82) is 0 Å². The summed E-state index contributed by atoms with van der Waals surface area (Å²) in [5.74, 6) is -0.428. The van der Waals surface area contributed by atoms with Gasteiger partial charge in [-0.3, -0.25) is 25.8 Å². The van der Waals surface area contributed by atoms with E-state index in [4.69, 9.17) is 17.0 Å². The fourth-order valence-corrected chi connectivity index (χ4v) is 2.56. The average molecular weight is 416 g/mol. The number of aromatic nitrogens is 4. The smallest absolute Gasteiger partial charge is 0.266 e. The van der Waals surface area contributed by atoms with Crippen molar-refractivity contribution in [2.24, 2.45) is 0 Å². The third-order valence-electron chi connectivity index (χ3n) is 3.80. The van der Waals surface area contributed by atoms with E-state index in [0.29, 0.717) is 32.3 Å². The molecule has 1 aliphatic rings. The maximum atomic E-state index is 12.0. The van der Waals surface area contributed by atoms with E-state index in [1.165, 1.54) is 10.9 Å². The Kier molecular flexibility index (Phi) is 7.19. The molecule has 0 saturated carbocycles. The SMILES string of the molecule is O=C(/C=C/c1ccccc1)NC(=S)NNC(=O)Cn1nnc(N2CCOCC2)n1. The van der Waals surface area contributed by atoms with Crippen LogP contribution in [0, 0.1) is 0 Å². The van der Waals surface area contributed by atoms with Gasteiger partial charge in [-0.1, -0.05) is 35.4 Å². The van der Waals surface area contributed by atoms with Crippen LogP contribution in [-0.2, 0) is 20.9 Å². The molecule has 2 aromatic rings. The molecule has 1 aliphatic heterocycles. The third kappa shape index (κ3) is 6.62. The van der Waals surface area contributed by atoms with Crippen LogP contribution in [0.3, 0.4) is 0 Å². The second-order valence-electron chi connectivity index (χ2n) is 5.95. The molecule has 2 amide bonds. The normalized spacial score (nSPS) is 13.9. The number of ether oxygens (including phenoxy) is 1. The Bertz CT molecular complexity index is 880. The Morgan fingerprint density at radius 1 is 1.17 bits per heavy atom. The maximum absolute atomic E-state index is 12.0. The Hall–Kier alpha value is -3.38. The van der Waals surface area contributed by atoms with Crippen LogP contribution in [0.15, 0.2) is 36.4 Å². The summed E-state index contributed by atoms with van der Waals surface area (Å²) >= 11 is 4.97. The van der Waals surface area contributed by atoms with Gasteiger partial charge in [0, 0.05) is 19.2 Å². The van der Waals surface area contributed by atoms with Crippen molar-refractivity contribution >= 4 is 41.2 Å². The molecule has 1 fully saturated rings. The lowest BCUT2D eigenvalue weighted by Crippen LogP contribution is -2.49. The molecule has 1 aromatic heterocycles. The second-order valence-corrected chi connectivity index (χ2v) is 6.36. The first-order valence-electron chi connectivity index (χ1n) is 8.83. The van der Waals surface area contributed by atoms with Gasteiger partial charge in [0.2, 0.25) is 5.91 Å². The quantitative estimate of drug-likeness (QED) is 0.328. The number of thiocarbonyl (C=S) groups is 1. The van der Waals surface area contributed by atoms with Gasteiger partial charge in [0.25, 0.3) is 11.9 Å². The van der Waals surface area contributed by atoms with Crippen LogP contribution in [0.1, 0.15) is 5.56 Å². The number of rotatable bonds is 5. The first-order chi connectivity index (χ1) is 14.1. The Morgan fingerprint density at radius 3 is 2.69 bits per heavy atom. The van der Waals surface area contributed by atoms with E-state index in [0.717, 1.165) is 5.56 Å². The van der Waals surface area contributed by atoms with E-state index in [1.807, 2.05) is 35.2 Å². The highest BCUT2D eigenvalue weighted by Crippen LogP contribution is 2.06. The van der Waals surface area contributed by atoms with Gasteiger partial charge in [-0.2, -0.15) is 4.80 Å². The molecular weight excluding hydrogens is 396 g/mol. The highest BCUT2D eigenvalue weighted by Gasteiger charge is 2.16. The Morgan fingerprint density at radius 2 is 1.93 bits per heavy atom. The number of tetrazole rings is 1. The zero-order chi connectivity index (χ0) is 20.5. The van der Waals surface area contributed by atoms with Gasteiger partial charge >= 0.3 is 0 Å². The minimum Gasteiger partial charge on any atom is -0.378 e. The molecule has 3 rings (SSSR count). The molecule has 0 unspecified atom stereocenters. The summed E-state index contributed by atoms with van der Waals surface area (Å²) in [6.45, 7) is 2.39. The van der Waals surface area contributed by atoms with Crippen molar-refractivity contribution in [2.45, 2.75) is 6.54 Å². The van der Waals surface area contributed by atoms with E-state index >= 15 is 0 Å². The highest BCUT2D eigenvalue weighted by atomic mass is 32.1. The fraction of sp³-hybridized carbons (Fsp3) is 0.294. The largest absolute Gasteiger partial charge is 0.378 e. The molecule has 3 N–H and O–H groups in total. The van der Waals surface area contributed by atoms with Crippen molar-refractivity contribution in [3.05, 3.63) is 42.0 Å². The minimum atomic E-state index is -0.452. The van der Waals surface area contributed by atoms with Crippen LogP contribution in [0.5, 0.6) is 0 Å². The fourth-order valence-electron chi connectivity index (χ4n) is 2.41. The molecule has 11 nitrogen and oxygen atoms in total. The average Bonchev–Trinajstić information content (AvgIpc) is 3.20. The molecule has 0 aliphatic carbocycles. The predicted octanol–water partition coefficient (Wildman–Crippen LogP) is -0.755. The lowest BCUT2D eigenvalue weighted by atomic mass is 10.2. The van der Waals surface area contributed by atoms with Gasteiger partial charge < -0.3 is 9.64 Å². The summed E-state index contributed by atoms with van der Waals surface area (Å²) < 4.78 is 5.27. The third-order valence-corrected chi connectivity index (χ3v) is 4.00. The number of hydrogen-bond acceptors (Lipinski definition) is 8. The van der Waals surface area contributed by atoms with E-state index in [-0.39, 0.29) is 11.7 Å². The monoisotopic (exact) mass is 416 g/mol. The van der Waals surface area contributed by atoms with Crippen molar-refractivity contribution in [3.8, 4) is 0 Å². The Balaban J connectivity index is 1.38. The minimum absolute atomic E-state index is 0.0402. The molecule has 29 heavy (non-hydrogen) atoms. The predicted molar refractivity (Wildman–Crippen MR) is 108 cm³/mol. The van der Waals surface area contributed by atoms with Crippen molar-refractivity contribution in [1.82, 2.24) is 36.4 Å². The molecule has 0 spiro atoms. The Labute approximate surface area is 172 Å². The van der Waals surface area contributed by atoms with Gasteiger partial charge in [0.05, 0.1) is 13.2 Å². The highest BCUT2D eigenvalue weighted by molar-refractivity contribution is 7.80. The standard InChI is InChI=1S/C17H20N8O3S/c26-14(7-6-13-4-2-1-3-5-13)18-17(29)21-19-15(27)12-25-22-16(20-23-25)24-8-10-28-11-9-24/h1-7H,8-12H2,(H,19,27)(H2,18,21,26,29)/b7-6+. The summed E-state index contributed by atoms with van der Waals surface area (Å²) in [6, 6.07) is 9.35. The van der Waals surface area contributed by atoms with Gasteiger partial charge in [0.15, 0.2) is 5.11 Å². The van der Waals surface area contributed by atoms with E-state index in [1.54, 1.807) is 6.08 Å². The lowest BCUT2D eigenvalue weighted by molar-refractivity contribution is -0.122. The first-order valence-corrected chi connectivity index (χ1v) is 9.24. The molecule has 0 atom stereocenters. The lowest BCUT2D eigenvalue weighted by Gasteiger charge is -2.24. The molecule has 0 bridgehead atoms. The zero-order valence-electron chi connectivity index (χ0n) is 15.4. The van der Waals surface area contributed by atoms with Crippen LogP contribution in [0.25, 0.3) is 6.08 Å². The number of hydrogen-bond donors (Lipinski definition) is 3. The summed E-state index contributed by atoms with van der Waals surface area (Å²) in [4.78, 5) is 26.9. The van der Waals surface area contributed by atoms with Gasteiger partial charge in [-0.15, -0.1) is 5.10 Å². The summed E-state index contributed by atoms with van der Waals surface area (Å²) in [6.07, 6.45) is 3.00. The van der Waals surface area contributed by atoms with Crippen LogP contribution >= 0.6 is 12.2 Å². The van der Waals surface area contributed by atoms with Gasteiger partial charge in [-0.05, 0) is 29.1 Å². The number of amides is 2. The number of carbonyl (C=O) groups is 2. The van der Waals surface area contributed by atoms with Crippen LogP contribution < -0.4 is 21.1 Å². The molecule has 1 aromatic carbocycles. The number of hydrazine groups is 1. The van der Waals surface area contributed by atoms with Crippen LogP contribution in [0.4, 0.5) is 5.95 Å². The molecule has 12 heteroatoms. The van der Waals surface area contributed by atoms with Crippen molar-refractivity contribution < 1.29 is 14.3 Å². The molecular formula is C17H20N8O3S. The van der Waals surface area contributed by atoms with E-state index < -0.39 is 11.8 Å². The molecule has 152 valence electrons. The topological polar surface area (TPSA) is 126 Å². The second kappa shape index (κ2) is 10.2. The zero-order valence-corrected chi connectivity index (χ0v) is 16.3. The summed E-state index contributed by atoms with van der Waals surface area (Å²) in [5.41, 5.74) is 5.70. The number of carbonyl (C=O) groups excluding carboxylic acids is 2. The summed E-state index contributed by atoms with van der Waals surface area (Å²) in [7, 11) is 0.